The molecule has 2 nitrogen and oxygen atoms in total. The Morgan fingerprint density at radius 2 is 1.93 bits per heavy atom. The van der Waals surface area contributed by atoms with Crippen molar-refractivity contribution in [3.63, 3.8) is 0 Å². The van der Waals surface area contributed by atoms with Crippen LogP contribution in [-0.2, 0) is 6.54 Å². The van der Waals surface area contributed by atoms with E-state index in [0.29, 0.717) is 6.54 Å². The number of hydrogen-bond donors (Lipinski definition) is 1. The van der Waals surface area contributed by atoms with E-state index >= 15 is 0 Å². The van der Waals surface area contributed by atoms with E-state index in [1.165, 1.54) is 5.56 Å². The first-order valence-corrected chi connectivity index (χ1v) is 5.07. The lowest BCUT2D eigenvalue weighted by molar-refractivity contribution is 0.138. The van der Waals surface area contributed by atoms with Gasteiger partial charge >= 0.3 is 0 Å². The molecule has 1 atom stereocenters. The van der Waals surface area contributed by atoms with Crippen molar-refractivity contribution in [1.29, 1.82) is 0 Å². The van der Waals surface area contributed by atoms with Gasteiger partial charge in [0.25, 0.3) is 0 Å². The third kappa shape index (κ3) is 4.09. The zero-order valence-electron chi connectivity index (χ0n) is 8.57. The number of aliphatic hydroxyl groups excluding tert-OH is 1. The third-order valence-corrected chi connectivity index (χ3v) is 2.19. The molecule has 14 heavy (non-hydrogen) atoms. The van der Waals surface area contributed by atoms with Crippen molar-refractivity contribution in [3.05, 3.63) is 34.9 Å². The second-order valence-corrected chi connectivity index (χ2v) is 4.11. The largest absolute Gasteiger partial charge is 0.392 e. The fourth-order valence-electron chi connectivity index (χ4n) is 1.42. The normalized spacial score (nSPS) is 13.2. The molecule has 0 aliphatic carbocycles. The average molecular weight is 214 g/mol. The lowest BCUT2D eigenvalue weighted by Gasteiger charge is -2.18. The molecule has 0 amide bonds. The molecule has 0 saturated heterocycles. The van der Waals surface area contributed by atoms with Gasteiger partial charge in [-0.3, -0.25) is 4.90 Å². The molecule has 0 saturated carbocycles. The van der Waals surface area contributed by atoms with Crippen molar-refractivity contribution in [2.45, 2.75) is 19.6 Å². The highest BCUT2D eigenvalue weighted by molar-refractivity contribution is 6.30. The van der Waals surface area contributed by atoms with E-state index < -0.39 is 0 Å². The van der Waals surface area contributed by atoms with E-state index in [1.54, 1.807) is 6.92 Å². The molecule has 0 heterocycles. The van der Waals surface area contributed by atoms with Crippen LogP contribution in [0.4, 0.5) is 0 Å². The van der Waals surface area contributed by atoms with Gasteiger partial charge in [0.2, 0.25) is 0 Å². The minimum Gasteiger partial charge on any atom is -0.392 e. The molecule has 0 unspecified atom stereocenters. The van der Waals surface area contributed by atoms with E-state index in [4.69, 9.17) is 11.6 Å². The molecular formula is C11H16ClNO. The monoisotopic (exact) mass is 213 g/mol. The molecule has 0 bridgehead atoms. The molecule has 0 aromatic heterocycles. The van der Waals surface area contributed by atoms with Gasteiger partial charge in [0, 0.05) is 18.1 Å². The van der Waals surface area contributed by atoms with Crippen molar-refractivity contribution in [1.82, 2.24) is 4.90 Å². The number of likely N-dealkylation sites (N-methyl/N-ethyl adjacent to an activating group) is 1. The van der Waals surface area contributed by atoms with Crippen LogP contribution in [0.25, 0.3) is 0 Å². The minimum atomic E-state index is -0.285. The molecule has 1 N–H and O–H groups in total. The van der Waals surface area contributed by atoms with Crippen LogP contribution < -0.4 is 0 Å². The number of aliphatic hydroxyl groups is 1. The Bertz CT molecular complexity index is 271. The molecule has 0 spiro atoms. The van der Waals surface area contributed by atoms with Crippen LogP contribution in [0.1, 0.15) is 12.5 Å². The standard InChI is InChI=1S/C11H16ClNO/c1-9(14)7-13(2)8-10-3-5-11(12)6-4-10/h3-6,9,14H,7-8H2,1-2H3/t9-/m1/s1. The summed E-state index contributed by atoms with van der Waals surface area (Å²) in [4.78, 5) is 2.08. The van der Waals surface area contributed by atoms with Crippen molar-refractivity contribution in [2.24, 2.45) is 0 Å². The number of hydrogen-bond acceptors (Lipinski definition) is 2. The van der Waals surface area contributed by atoms with Crippen LogP contribution in [-0.4, -0.2) is 29.7 Å². The Morgan fingerprint density at radius 1 is 1.36 bits per heavy atom. The van der Waals surface area contributed by atoms with E-state index in [1.807, 2.05) is 31.3 Å². The van der Waals surface area contributed by atoms with E-state index in [0.717, 1.165) is 11.6 Å². The quantitative estimate of drug-likeness (QED) is 0.829. The highest BCUT2D eigenvalue weighted by Crippen LogP contribution is 2.10. The zero-order chi connectivity index (χ0) is 10.6. The second-order valence-electron chi connectivity index (χ2n) is 3.67. The van der Waals surface area contributed by atoms with Gasteiger partial charge < -0.3 is 5.11 Å². The Morgan fingerprint density at radius 3 is 2.43 bits per heavy atom. The van der Waals surface area contributed by atoms with Gasteiger partial charge in [0.15, 0.2) is 0 Å². The Labute approximate surface area is 90.1 Å². The predicted octanol–water partition coefficient (Wildman–Crippen LogP) is 2.15. The van der Waals surface area contributed by atoms with Gasteiger partial charge in [-0.2, -0.15) is 0 Å². The number of nitrogens with zero attached hydrogens (tertiary/aromatic N) is 1. The van der Waals surface area contributed by atoms with Crippen LogP contribution in [0, 0.1) is 0 Å². The van der Waals surface area contributed by atoms with Gasteiger partial charge in [-0.25, -0.2) is 0 Å². The summed E-state index contributed by atoms with van der Waals surface area (Å²) in [5, 5.41) is 9.94. The van der Waals surface area contributed by atoms with Crippen LogP contribution in [0.5, 0.6) is 0 Å². The van der Waals surface area contributed by atoms with E-state index in [9.17, 15) is 5.11 Å². The minimum absolute atomic E-state index is 0.285. The highest BCUT2D eigenvalue weighted by atomic mass is 35.5. The molecule has 1 rings (SSSR count). The molecule has 0 fully saturated rings. The number of halogens is 1. The summed E-state index contributed by atoms with van der Waals surface area (Å²) in [7, 11) is 1.99. The van der Waals surface area contributed by atoms with E-state index in [-0.39, 0.29) is 6.10 Å². The fraction of sp³-hybridized carbons (Fsp3) is 0.455. The summed E-state index contributed by atoms with van der Waals surface area (Å²) in [5.41, 5.74) is 1.21. The van der Waals surface area contributed by atoms with Crippen molar-refractivity contribution >= 4 is 11.6 Å². The van der Waals surface area contributed by atoms with Crippen LogP contribution in [0.3, 0.4) is 0 Å². The van der Waals surface area contributed by atoms with Crippen molar-refractivity contribution in [2.75, 3.05) is 13.6 Å². The first-order chi connectivity index (χ1) is 6.58. The van der Waals surface area contributed by atoms with Gasteiger partial charge in [-0.05, 0) is 31.7 Å². The van der Waals surface area contributed by atoms with Gasteiger partial charge in [-0.1, -0.05) is 23.7 Å². The van der Waals surface area contributed by atoms with Gasteiger partial charge in [0.1, 0.15) is 0 Å². The lowest BCUT2D eigenvalue weighted by atomic mass is 10.2. The van der Waals surface area contributed by atoms with Gasteiger partial charge in [0.05, 0.1) is 6.10 Å². The molecule has 1 aromatic rings. The summed E-state index contributed by atoms with van der Waals surface area (Å²) in [6.07, 6.45) is -0.285. The number of rotatable bonds is 4. The third-order valence-electron chi connectivity index (χ3n) is 1.94. The number of benzene rings is 1. The Hall–Kier alpha value is -0.570. The maximum absolute atomic E-state index is 9.18. The molecular weight excluding hydrogens is 198 g/mol. The fourth-order valence-corrected chi connectivity index (χ4v) is 1.54. The molecule has 0 aliphatic heterocycles. The van der Waals surface area contributed by atoms with Crippen molar-refractivity contribution in [3.8, 4) is 0 Å². The molecule has 0 radical (unpaired) electrons. The molecule has 3 heteroatoms. The van der Waals surface area contributed by atoms with Crippen LogP contribution in [0.2, 0.25) is 5.02 Å². The lowest BCUT2D eigenvalue weighted by Crippen LogP contribution is -2.26. The summed E-state index contributed by atoms with van der Waals surface area (Å²) in [6.45, 7) is 3.31. The predicted molar refractivity (Wildman–Crippen MR) is 59.5 cm³/mol. The van der Waals surface area contributed by atoms with Crippen LogP contribution in [0.15, 0.2) is 24.3 Å². The maximum Gasteiger partial charge on any atom is 0.0639 e. The van der Waals surface area contributed by atoms with Gasteiger partial charge in [-0.15, -0.1) is 0 Å². The summed E-state index contributed by atoms with van der Waals surface area (Å²) in [5.74, 6) is 0. The summed E-state index contributed by atoms with van der Waals surface area (Å²) < 4.78 is 0. The SMILES string of the molecule is C[C@@H](O)CN(C)Cc1ccc(Cl)cc1. The van der Waals surface area contributed by atoms with E-state index in [2.05, 4.69) is 4.90 Å². The second kappa shape index (κ2) is 5.35. The zero-order valence-corrected chi connectivity index (χ0v) is 9.33. The first-order valence-electron chi connectivity index (χ1n) is 4.69. The average Bonchev–Trinajstić information content (AvgIpc) is 2.07. The molecule has 0 aliphatic rings. The summed E-state index contributed by atoms with van der Waals surface area (Å²) in [6, 6.07) is 7.77. The summed E-state index contributed by atoms with van der Waals surface area (Å²) >= 11 is 5.78. The topological polar surface area (TPSA) is 23.5 Å². The smallest absolute Gasteiger partial charge is 0.0639 e. The highest BCUT2D eigenvalue weighted by Gasteiger charge is 2.03. The molecule has 78 valence electrons. The van der Waals surface area contributed by atoms with Crippen LogP contribution >= 0.6 is 11.6 Å². The Balaban J connectivity index is 2.47. The first kappa shape index (κ1) is 11.5. The molecule has 1 aromatic carbocycles. The van der Waals surface area contributed by atoms with Crippen molar-refractivity contribution < 1.29 is 5.11 Å². The Kier molecular flexibility index (Phi) is 4.39. The maximum atomic E-state index is 9.18.